The van der Waals surface area contributed by atoms with Gasteiger partial charge >= 0.3 is 21.3 Å². The van der Waals surface area contributed by atoms with Gasteiger partial charge in [-0.25, -0.2) is 13.9 Å². The van der Waals surface area contributed by atoms with Gasteiger partial charge in [0.25, 0.3) is 5.56 Å². The molecule has 3 heterocycles. The molecular weight excluding hydrogens is 562 g/mol. The van der Waals surface area contributed by atoms with E-state index >= 15 is 0 Å². The van der Waals surface area contributed by atoms with E-state index in [1.165, 1.54) is 0 Å². The zero-order valence-corrected chi connectivity index (χ0v) is 20.3. The molecule has 0 aliphatic carbocycles. The highest BCUT2D eigenvalue weighted by molar-refractivity contribution is 7.61. The molecule has 0 amide bonds. The van der Waals surface area contributed by atoms with Crippen molar-refractivity contribution in [3.63, 3.8) is 0 Å². The highest BCUT2D eigenvalue weighted by atomic mass is 35.5. The lowest BCUT2D eigenvalue weighted by Crippen LogP contribution is -2.58. The molecule has 1 aromatic heterocycles. The third kappa shape index (κ3) is 6.68. The van der Waals surface area contributed by atoms with Crippen molar-refractivity contribution >= 4 is 27.2 Å². The standard InChI is InChI=1S/C15H23ClN2O16P2/c16-3-5-8(20)10(22)12(24)14(32-5)33-36(28,29)34-35(26,27)30-4-6-9(21)11(23)13(31-6)18-2-1-7(19)17-15(18)25/h1-2,5-6,8-14,20-24H,3-4H2,(H,26,27)(H,28,29)(H,17,19,25)/t5?,6-,8?,9-,10?,11-,12?,13-,14?/m1/s1. The number of phosphoric acid groups is 2. The summed E-state index contributed by atoms with van der Waals surface area (Å²) in [7, 11) is -11.0. The summed E-state index contributed by atoms with van der Waals surface area (Å²) >= 11 is 5.54. The molecule has 21 heteroatoms. The third-order valence-electron chi connectivity index (χ3n) is 5.13. The first-order chi connectivity index (χ1) is 16.7. The number of aliphatic hydroxyl groups is 5. The molecule has 8 N–H and O–H groups in total. The Labute approximate surface area is 205 Å². The van der Waals surface area contributed by atoms with Crippen molar-refractivity contribution < 1.29 is 67.3 Å². The lowest BCUT2D eigenvalue weighted by atomic mass is 10.0. The number of phosphoric ester groups is 2. The lowest BCUT2D eigenvalue weighted by molar-refractivity contribution is -0.270. The van der Waals surface area contributed by atoms with Gasteiger partial charge in [-0.2, -0.15) is 4.31 Å². The van der Waals surface area contributed by atoms with Crippen molar-refractivity contribution in [3.05, 3.63) is 33.1 Å². The Kier molecular flexibility index (Phi) is 9.31. The fraction of sp³-hybridized carbons (Fsp3) is 0.733. The number of H-pyrrole nitrogens is 1. The van der Waals surface area contributed by atoms with Crippen LogP contribution in [-0.2, 0) is 32.0 Å². The monoisotopic (exact) mass is 584 g/mol. The van der Waals surface area contributed by atoms with E-state index in [1.807, 2.05) is 4.98 Å². The van der Waals surface area contributed by atoms with Crippen LogP contribution in [0.25, 0.3) is 0 Å². The maximum absolute atomic E-state index is 12.2. The molecular formula is C15H23ClN2O16P2. The van der Waals surface area contributed by atoms with Crippen molar-refractivity contribution in [3.8, 4) is 0 Å². The zero-order chi connectivity index (χ0) is 27.0. The number of aromatic amines is 1. The van der Waals surface area contributed by atoms with Gasteiger partial charge in [0.1, 0.15) is 42.7 Å². The number of aliphatic hydroxyl groups excluding tert-OH is 5. The van der Waals surface area contributed by atoms with E-state index in [0.717, 1.165) is 16.8 Å². The lowest BCUT2D eigenvalue weighted by Gasteiger charge is -2.39. The molecule has 2 fully saturated rings. The maximum atomic E-state index is 12.2. The SMILES string of the molecule is O=c1ccn([C@@H]2O[C@H](COP(=O)(O)OP(=O)(O)OC3OC(CCl)C(O)C(O)C3O)[C@@H](O)[C@H]2O)c(=O)[nH]1. The molecule has 3 rings (SSSR count). The second kappa shape index (κ2) is 11.4. The summed E-state index contributed by atoms with van der Waals surface area (Å²) in [5.74, 6) is -0.426. The van der Waals surface area contributed by atoms with Gasteiger partial charge in [0.15, 0.2) is 12.5 Å². The van der Waals surface area contributed by atoms with Gasteiger partial charge in [0.2, 0.25) is 0 Å². The number of nitrogens with zero attached hydrogens (tertiary/aromatic N) is 1. The summed E-state index contributed by atoms with van der Waals surface area (Å²) in [6.45, 7) is -1.01. The van der Waals surface area contributed by atoms with E-state index in [2.05, 4.69) is 13.4 Å². The minimum Gasteiger partial charge on any atom is -0.388 e. The Morgan fingerprint density at radius 3 is 2.19 bits per heavy atom. The predicted octanol–water partition coefficient (Wildman–Crippen LogP) is -3.55. The van der Waals surface area contributed by atoms with Crippen LogP contribution in [0.4, 0.5) is 0 Å². The van der Waals surface area contributed by atoms with Crippen molar-refractivity contribution in [2.75, 3.05) is 12.5 Å². The second-order valence-corrected chi connectivity index (χ2v) is 11.0. The molecule has 2 saturated heterocycles. The first-order valence-corrected chi connectivity index (χ1v) is 13.5. The van der Waals surface area contributed by atoms with Crippen LogP contribution < -0.4 is 11.2 Å². The van der Waals surface area contributed by atoms with E-state index in [4.69, 9.17) is 21.1 Å². The Morgan fingerprint density at radius 2 is 1.58 bits per heavy atom. The van der Waals surface area contributed by atoms with Crippen LogP contribution in [0.5, 0.6) is 0 Å². The maximum Gasteiger partial charge on any atom is 0.483 e. The Morgan fingerprint density at radius 1 is 0.944 bits per heavy atom. The van der Waals surface area contributed by atoms with Gasteiger partial charge < -0.3 is 44.8 Å². The van der Waals surface area contributed by atoms with Crippen molar-refractivity contribution in [2.45, 2.75) is 55.2 Å². The molecule has 0 radical (unpaired) electrons. The van der Waals surface area contributed by atoms with Gasteiger partial charge in [0.05, 0.1) is 12.5 Å². The molecule has 11 atom stereocenters. The highest BCUT2D eigenvalue weighted by Crippen LogP contribution is 2.61. The molecule has 0 saturated carbocycles. The van der Waals surface area contributed by atoms with Crippen LogP contribution in [0.15, 0.2) is 21.9 Å². The van der Waals surface area contributed by atoms with Crippen LogP contribution >= 0.6 is 27.2 Å². The van der Waals surface area contributed by atoms with Crippen molar-refractivity contribution in [2.24, 2.45) is 0 Å². The third-order valence-corrected chi connectivity index (χ3v) is 8.03. The Balaban J connectivity index is 1.61. The van der Waals surface area contributed by atoms with E-state index in [0.29, 0.717) is 0 Å². The van der Waals surface area contributed by atoms with Crippen LogP contribution in [0.2, 0.25) is 0 Å². The molecule has 7 unspecified atom stereocenters. The summed E-state index contributed by atoms with van der Waals surface area (Å²) < 4.78 is 48.4. The first kappa shape index (κ1) is 29.5. The minimum absolute atomic E-state index is 0.426. The number of aromatic nitrogens is 2. The van der Waals surface area contributed by atoms with Crippen molar-refractivity contribution in [1.82, 2.24) is 9.55 Å². The fourth-order valence-electron chi connectivity index (χ4n) is 3.33. The van der Waals surface area contributed by atoms with Crippen LogP contribution in [0.3, 0.4) is 0 Å². The topological polar surface area (TPSA) is 277 Å². The van der Waals surface area contributed by atoms with E-state index in [1.54, 1.807) is 0 Å². The molecule has 206 valence electrons. The molecule has 0 spiro atoms. The molecule has 1 aromatic rings. The number of alkyl halides is 1. The minimum atomic E-state index is -5.55. The van der Waals surface area contributed by atoms with Gasteiger partial charge in [0, 0.05) is 12.3 Å². The molecule has 0 bridgehead atoms. The first-order valence-electron chi connectivity index (χ1n) is 9.94. The average molecular weight is 585 g/mol. The van der Waals surface area contributed by atoms with Crippen molar-refractivity contribution in [1.29, 1.82) is 0 Å². The number of nitrogens with one attached hydrogen (secondary N) is 1. The normalized spacial score (nSPS) is 38.4. The predicted molar refractivity (Wildman–Crippen MR) is 112 cm³/mol. The van der Waals surface area contributed by atoms with Crippen LogP contribution in [-0.4, -0.2) is 106 Å². The summed E-state index contributed by atoms with van der Waals surface area (Å²) in [6.07, 6.45) is -14.8. The van der Waals surface area contributed by atoms with E-state index in [-0.39, 0.29) is 0 Å². The smallest absolute Gasteiger partial charge is 0.388 e. The zero-order valence-electron chi connectivity index (χ0n) is 17.8. The number of halogens is 1. The molecule has 0 aromatic carbocycles. The molecule has 18 nitrogen and oxygen atoms in total. The van der Waals surface area contributed by atoms with Gasteiger partial charge in [-0.3, -0.25) is 23.4 Å². The van der Waals surface area contributed by atoms with E-state index < -0.39 is 94.6 Å². The van der Waals surface area contributed by atoms with Gasteiger partial charge in [-0.1, -0.05) is 0 Å². The average Bonchev–Trinajstić information content (AvgIpc) is 3.06. The largest absolute Gasteiger partial charge is 0.483 e. The summed E-state index contributed by atoms with van der Waals surface area (Å²) in [4.78, 5) is 44.6. The number of hydrogen-bond acceptors (Lipinski definition) is 14. The summed E-state index contributed by atoms with van der Waals surface area (Å²) in [5.41, 5.74) is -1.73. The van der Waals surface area contributed by atoms with Crippen LogP contribution in [0.1, 0.15) is 6.23 Å². The summed E-state index contributed by atoms with van der Waals surface area (Å²) in [6, 6.07) is 0.935. The quantitative estimate of drug-likeness (QED) is 0.103. The molecule has 2 aliphatic rings. The van der Waals surface area contributed by atoms with Crippen LogP contribution in [0, 0.1) is 0 Å². The molecule has 36 heavy (non-hydrogen) atoms. The van der Waals surface area contributed by atoms with Gasteiger partial charge in [-0.05, 0) is 0 Å². The summed E-state index contributed by atoms with van der Waals surface area (Å²) in [5, 5.41) is 49.6. The number of hydrogen-bond donors (Lipinski definition) is 8. The Bertz CT molecular complexity index is 1130. The highest BCUT2D eigenvalue weighted by Gasteiger charge is 2.49. The Hall–Kier alpha value is -1.05. The van der Waals surface area contributed by atoms with E-state index in [9.17, 15) is 54.0 Å². The second-order valence-electron chi connectivity index (χ2n) is 7.65. The molecule has 2 aliphatic heterocycles. The van der Waals surface area contributed by atoms with Gasteiger partial charge in [-0.15, -0.1) is 11.6 Å². The fourth-order valence-corrected chi connectivity index (χ4v) is 5.74. The number of ether oxygens (including phenoxy) is 2. The number of rotatable bonds is 9.